The van der Waals surface area contributed by atoms with Crippen molar-refractivity contribution in [2.45, 2.75) is 0 Å². The lowest BCUT2D eigenvalue weighted by Gasteiger charge is -2.15. The van der Waals surface area contributed by atoms with Gasteiger partial charge in [-0.1, -0.05) is 97.6 Å². The van der Waals surface area contributed by atoms with Gasteiger partial charge >= 0.3 is 0 Å². The van der Waals surface area contributed by atoms with Crippen LogP contribution in [0.25, 0.3) is 56.5 Å². The minimum Gasteiger partial charge on any atom is -0.309 e. The van der Waals surface area contributed by atoms with E-state index in [2.05, 4.69) is 97.6 Å². The molecule has 0 saturated heterocycles. The zero-order chi connectivity index (χ0) is 20.5. The van der Waals surface area contributed by atoms with Crippen molar-refractivity contribution in [2.75, 3.05) is 0 Å². The lowest BCUT2D eigenvalue weighted by atomic mass is 9.88. The molecule has 0 aliphatic heterocycles. The van der Waals surface area contributed by atoms with Crippen molar-refractivity contribution in [1.82, 2.24) is 0 Å². The van der Waals surface area contributed by atoms with Crippen LogP contribution in [0.4, 0.5) is 0 Å². The Kier molecular flexibility index (Phi) is 4.49. The van der Waals surface area contributed by atoms with E-state index in [1.54, 1.807) is 0 Å². The van der Waals surface area contributed by atoms with Crippen LogP contribution in [0.2, 0.25) is 0 Å². The quantitative estimate of drug-likeness (QED) is 0.360. The van der Waals surface area contributed by atoms with Gasteiger partial charge in [-0.3, -0.25) is 0 Å². The maximum atomic E-state index is 7.78. The van der Waals surface area contributed by atoms with Gasteiger partial charge in [0.2, 0.25) is 0 Å². The molecule has 0 saturated carbocycles. The summed E-state index contributed by atoms with van der Waals surface area (Å²) in [5.74, 6) is 0. The summed E-state index contributed by atoms with van der Waals surface area (Å²) in [4.78, 5) is 0. The van der Waals surface area contributed by atoms with Gasteiger partial charge in [-0.05, 0) is 66.4 Å². The second-order valence-corrected chi connectivity index (χ2v) is 7.45. The maximum absolute atomic E-state index is 7.78. The Labute approximate surface area is 175 Å². The van der Waals surface area contributed by atoms with E-state index in [0.29, 0.717) is 0 Å². The van der Waals surface area contributed by atoms with Gasteiger partial charge in [0, 0.05) is 6.21 Å². The molecular formula is C29H21N. The van der Waals surface area contributed by atoms with Gasteiger partial charge < -0.3 is 5.41 Å². The highest BCUT2D eigenvalue weighted by atomic mass is 14.3. The van der Waals surface area contributed by atoms with E-state index in [1.165, 1.54) is 27.8 Å². The second kappa shape index (κ2) is 7.46. The van der Waals surface area contributed by atoms with Crippen molar-refractivity contribution in [3.63, 3.8) is 0 Å². The predicted molar refractivity (Wildman–Crippen MR) is 130 cm³/mol. The molecule has 0 heterocycles. The van der Waals surface area contributed by atoms with E-state index >= 15 is 0 Å². The third-order valence-corrected chi connectivity index (χ3v) is 5.71. The summed E-state index contributed by atoms with van der Waals surface area (Å²) in [5, 5.41) is 14.5. The Morgan fingerprint density at radius 2 is 1.23 bits per heavy atom. The van der Waals surface area contributed by atoms with Gasteiger partial charge in [0.1, 0.15) is 0 Å². The molecule has 5 aromatic carbocycles. The fourth-order valence-electron chi connectivity index (χ4n) is 4.37. The molecule has 30 heavy (non-hydrogen) atoms. The van der Waals surface area contributed by atoms with Crippen LogP contribution < -0.4 is 10.4 Å². The van der Waals surface area contributed by atoms with Crippen molar-refractivity contribution in [1.29, 1.82) is 5.41 Å². The minimum absolute atomic E-state index is 0.950. The lowest BCUT2D eigenvalue weighted by Crippen LogP contribution is -2.28. The molecule has 0 aliphatic carbocycles. The molecule has 0 aromatic heterocycles. The van der Waals surface area contributed by atoms with E-state index < -0.39 is 0 Å². The molecule has 0 unspecified atom stereocenters. The van der Waals surface area contributed by atoms with Crippen LogP contribution in [0.15, 0.2) is 97.1 Å². The monoisotopic (exact) mass is 383 g/mol. The Morgan fingerprint density at radius 1 is 0.600 bits per heavy atom. The van der Waals surface area contributed by atoms with Gasteiger partial charge in [0.25, 0.3) is 0 Å². The van der Waals surface area contributed by atoms with Gasteiger partial charge in [-0.25, -0.2) is 0 Å². The van der Waals surface area contributed by atoms with Crippen LogP contribution in [0.1, 0.15) is 0 Å². The topological polar surface area (TPSA) is 23.9 Å². The Balaban J connectivity index is 1.95. The van der Waals surface area contributed by atoms with Gasteiger partial charge in [0.15, 0.2) is 0 Å². The fraction of sp³-hybridized carbons (Fsp3) is 0. The number of fused-ring (bicyclic) bond motifs is 2. The molecule has 0 aliphatic rings. The number of benzene rings is 5. The summed E-state index contributed by atoms with van der Waals surface area (Å²) < 4.78 is 0. The van der Waals surface area contributed by atoms with Crippen LogP contribution in [0.3, 0.4) is 0 Å². The van der Waals surface area contributed by atoms with Crippen LogP contribution in [-0.4, -0.2) is 6.21 Å². The fourth-order valence-corrected chi connectivity index (χ4v) is 4.37. The van der Waals surface area contributed by atoms with E-state index in [9.17, 15) is 0 Å². The SMILES string of the molecule is C=c1c(-c2ccc3ccccc3c2)c2ccccc2c(-c2ccccc2)/c1=C/C=N. The number of rotatable bonds is 3. The molecule has 0 radical (unpaired) electrons. The summed E-state index contributed by atoms with van der Waals surface area (Å²) in [6.07, 6.45) is 3.22. The van der Waals surface area contributed by atoms with Crippen molar-refractivity contribution in [3.8, 4) is 22.3 Å². The summed E-state index contributed by atoms with van der Waals surface area (Å²) in [6, 6.07) is 33.9. The Hall–Kier alpha value is -3.97. The molecular weight excluding hydrogens is 362 g/mol. The summed E-state index contributed by atoms with van der Waals surface area (Å²) >= 11 is 0. The first kappa shape index (κ1) is 18.1. The van der Waals surface area contributed by atoms with Crippen molar-refractivity contribution in [3.05, 3.63) is 107 Å². The predicted octanol–water partition coefficient (Wildman–Crippen LogP) is 6.17. The largest absolute Gasteiger partial charge is 0.309 e. The normalized spacial score (nSPS) is 11.8. The van der Waals surface area contributed by atoms with E-state index in [1.807, 2.05) is 12.1 Å². The summed E-state index contributed by atoms with van der Waals surface area (Å²) in [7, 11) is 0. The number of nitrogens with one attached hydrogen (secondary N) is 1. The van der Waals surface area contributed by atoms with Crippen molar-refractivity contribution < 1.29 is 0 Å². The highest BCUT2D eigenvalue weighted by Crippen LogP contribution is 2.32. The van der Waals surface area contributed by atoms with Crippen LogP contribution in [0.5, 0.6) is 0 Å². The van der Waals surface area contributed by atoms with E-state index in [4.69, 9.17) is 5.41 Å². The van der Waals surface area contributed by atoms with Crippen LogP contribution >= 0.6 is 0 Å². The van der Waals surface area contributed by atoms with Gasteiger partial charge in [-0.15, -0.1) is 0 Å². The minimum atomic E-state index is 0.950. The van der Waals surface area contributed by atoms with Crippen molar-refractivity contribution in [2.24, 2.45) is 0 Å². The van der Waals surface area contributed by atoms with Gasteiger partial charge in [0.05, 0.1) is 0 Å². The Morgan fingerprint density at radius 3 is 1.97 bits per heavy atom. The second-order valence-electron chi connectivity index (χ2n) is 7.45. The smallest absolute Gasteiger partial charge is 0.0184 e. The highest BCUT2D eigenvalue weighted by molar-refractivity contribution is 6.07. The molecule has 5 rings (SSSR count). The molecule has 1 N–H and O–H groups in total. The zero-order valence-corrected chi connectivity index (χ0v) is 16.6. The first-order valence-electron chi connectivity index (χ1n) is 10.1. The molecule has 0 fully saturated rings. The Bertz CT molecular complexity index is 1510. The maximum Gasteiger partial charge on any atom is 0.0184 e. The van der Waals surface area contributed by atoms with Gasteiger partial charge in [-0.2, -0.15) is 0 Å². The number of hydrogen-bond donors (Lipinski definition) is 1. The van der Waals surface area contributed by atoms with E-state index in [0.717, 1.165) is 32.7 Å². The standard InChI is InChI=1S/C29H21N/c1-20-25(17-18-30)29(22-10-3-2-4-11-22)27-14-8-7-13-26(27)28(20)24-16-15-21-9-5-6-12-23(21)19-24/h2-19,30H,1H2/b25-17+,30-18?. The number of hydrogen-bond acceptors (Lipinski definition) is 1. The molecule has 142 valence electrons. The average Bonchev–Trinajstić information content (AvgIpc) is 2.80. The summed E-state index contributed by atoms with van der Waals surface area (Å²) in [6.45, 7) is 4.50. The average molecular weight is 383 g/mol. The first-order chi connectivity index (χ1) is 14.8. The molecule has 0 bridgehead atoms. The van der Waals surface area contributed by atoms with E-state index in [-0.39, 0.29) is 0 Å². The highest BCUT2D eigenvalue weighted by Gasteiger charge is 2.13. The molecule has 0 atom stereocenters. The molecule has 0 amide bonds. The van der Waals surface area contributed by atoms with Crippen LogP contribution in [0, 0.1) is 5.41 Å². The van der Waals surface area contributed by atoms with Crippen LogP contribution in [-0.2, 0) is 0 Å². The third kappa shape index (κ3) is 2.92. The molecule has 1 heteroatoms. The summed E-state index contributed by atoms with van der Waals surface area (Å²) in [5.41, 5.74) is 4.54. The molecule has 0 spiro atoms. The zero-order valence-electron chi connectivity index (χ0n) is 16.6. The van der Waals surface area contributed by atoms with Crippen molar-refractivity contribution >= 4 is 40.4 Å². The molecule has 1 nitrogen and oxygen atoms in total. The first-order valence-corrected chi connectivity index (χ1v) is 10.1. The molecule has 5 aromatic rings. The third-order valence-electron chi connectivity index (χ3n) is 5.71. The lowest BCUT2D eigenvalue weighted by molar-refractivity contribution is 1.53.